The molecule has 0 amide bonds. The average molecular weight is 353 g/mol. The highest BCUT2D eigenvalue weighted by molar-refractivity contribution is 7.90. The Labute approximate surface area is 132 Å². The van der Waals surface area contributed by atoms with Crippen molar-refractivity contribution < 1.29 is 31.5 Å². The van der Waals surface area contributed by atoms with Crippen molar-refractivity contribution in [3.05, 3.63) is 35.9 Å². The molecule has 0 aliphatic heterocycles. The Hall–Kier alpha value is -1.61. The van der Waals surface area contributed by atoms with E-state index < -0.39 is 33.5 Å². The average Bonchev–Trinajstić information content (AvgIpc) is 2.43. The number of aliphatic carboxylic acids is 1. The number of halogens is 3. The van der Waals surface area contributed by atoms with Gasteiger partial charge in [-0.25, -0.2) is 13.1 Å². The van der Waals surface area contributed by atoms with E-state index in [2.05, 4.69) is 0 Å². The van der Waals surface area contributed by atoms with E-state index in [0.29, 0.717) is 12.5 Å². The van der Waals surface area contributed by atoms with E-state index in [9.17, 15) is 26.4 Å². The fourth-order valence-electron chi connectivity index (χ4n) is 1.91. The molecular formula is C14H18F3NO4S. The van der Waals surface area contributed by atoms with Gasteiger partial charge in [0.1, 0.15) is 0 Å². The summed E-state index contributed by atoms with van der Waals surface area (Å²) in [7, 11) is -4.65. The topological polar surface area (TPSA) is 83.5 Å². The number of rotatable bonds is 8. The lowest BCUT2D eigenvalue weighted by Gasteiger charge is -2.22. The molecule has 130 valence electrons. The Kier molecular flexibility index (Phi) is 6.57. The molecule has 5 nitrogen and oxygen atoms in total. The van der Waals surface area contributed by atoms with Crippen molar-refractivity contribution in [2.45, 2.75) is 43.7 Å². The zero-order valence-corrected chi connectivity index (χ0v) is 13.2. The number of alkyl halides is 3. The van der Waals surface area contributed by atoms with Crippen LogP contribution < -0.4 is 4.72 Å². The molecule has 0 radical (unpaired) electrons. The summed E-state index contributed by atoms with van der Waals surface area (Å²) in [6, 6.07) is 7.60. The van der Waals surface area contributed by atoms with Gasteiger partial charge in [-0.2, -0.15) is 13.2 Å². The van der Waals surface area contributed by atoms with Crippen LogP contribution in [-0.2, 0) is 21.2 Å². The third kappa shape index (κ3) is 6.57. The van der Waals surface area contributed by atoms with Gasteiger partial charge in [-0.15, -0.1) is 0 Å². The number of carboxylic acids is 1. The summed E-state index contributed by atoms with van der Waals surface area (Å²) in [5, 5.41) is 6.14. The van der Waals surface area contributed by atoms with Crippen LogP contribution in [0.15, 0.2) is 30.3 Å². The molecule has 0 aliphatic carbocycles. The Morgan fingerprint density at radius 3 is 2.30 bits per heavy atom. The lowest BCUT2D eigenvalue weighted by molar-refractivity contribution is -0.137. The summed E-state index contributed by atoms with van der Waals surface area (Å²) in [6.45, 7) is 0.555. The van der Waals surface area contributed by atoms with Gasteiger partial charge in [0, 0.05) is 12.5 Å². The predicted octanol–water partition coefficient (Wildman–Crippen LogP) is 2.33. The molecule has 0 heterocycles. The molecule has 1 aromatic rings. The van der Waals surface area contributed by atoms with Crippen molar-refractivity contribution >= 4 is 16.0 Å². The fourth-order valence-corrected chi connectivity index (χ4v) is 3.13. The van der Waals surface area contributed by atoms with E-state index in [1.54, 1.807) is 30.3 Å². The van der Waals surface area contributed by atoms with Gasteiger partial charge in [0.25, 0.3) is 0 Å². The van der Waals surface area contributed by atoms with Gasteiger partial charge < -0.3 is 5.11 Å². The highest BCUT2D eigenvalue weighted by atomic mass is 32.2. The number of carboxylic acid groups (broad SMARTS) is 1. The summed E-state index contributed by atoms with van der Waals surface area (Å²) in [6.07, 6.45) is -5.23. The van der Waals surface area contributed by atoms with Gasteiger partial charge in [0.2, 0.25) is 10.0 Å². The number of hydrogen-bond acceptors (Lipinski definition) is 3. The molecule has 9 heteroatoms. The molecule has 0 aromatic heterocycles. The van der Waals surface area contributed by atoms with E-state index in [1.807, 2.05) is 4.72 Å². The molecule has 0 aliphatic rings. The van der Waals surface area contributed by atoms with Crippen LogP contribution in [0.3, 0.4) is 0 Å². The minimum atomic E-state index is -4.89. The minimum absolute atomic E-state index is 0.103. The third-order valence-corrected chi connectivity index (χ3v) is 5.15. The van der Waals surface area contributed by atoms with Crippen LogP contribution in [0.5, 0.6) is 0 Å². The maximum Gasteiger partial charge on any atom is 0.406 e. The zero-order valence-electron chi connectivity index (χ0n) is 12.4. The van der Waals surface area contributed by atoms with Gasteiger partial charge >= 0.3 is 12.1 Å². The van der Waals surface area contributed by atoms with Crippen molar-refractivity contribution in [1.29, 1.82) is 0 Å². The first-order valence-corrected chi connectivity index (χ1v) is 8.40. The van der Waals surface area contributed by atoms with Crippen molar-refractivity contribution in [1.82, 2.24) is 4.72 Å². The minimum Gasteiger partial charge on any atom is -0.481 e. The highest BCUT2D eigenvalue weighted by Gasteiger charge is 2.45. The maximum atomic E-state index is 12.6. The highest BCUT2D eigenvalue weighted by Crippen LogP contribution is 2.25. The van der Waals surface area contributed by atoms with Gasteiger partial charge in [0.05, 0.1) is 0 Å². The number of hydrogen-bond donors (Lipinski definition) is 2. The Balaban J connectivity index is 2.89. The number of benzene rings is 1. The molecule has 0 fully saturated rings. The lowest BCUT2D eigenvalue weighted by atomic mass is 10.0. The Morgan fingerprint density at radius 1 is 1.26 bits per heavy atom. The van der Waals surface area contributed by atoms with Crippen LogP contribution >= 0.6 is 0 Å². The zero-order chi connectivity index (χ0) is 17.7. The maximum absolute atomic E-state index is 12.6. The Morgan fingerprint density at radius 2 is 1.83 bits per heavy atom. The molecule has 23 heavy (non-hydrogen) atoms. The molecule has 0 saturated heterocycles. The molecule has 0 spiro atoms. The summed E-state index contributed by atoms with van der Waals surface area (Å²) >= 11 is 0. The van der Waals surface area contributed by atoms with Gasteiger partial charge in [-0.05, 0) is 25.3 Å². The van der Waals surface area contributed by atoms with E-state index in [4.69, 9.17) is 5.11 Å². The fraction of sp³-hybridized carbons (Fsp3) is 0.500. The first-order valence-electron chi connectivity index (χ1n) is 6.86. The normalized spacial score (nSPS) is 15.1. The van der Waals surface area contributed by atoms with E-state index in [0.717, 1.165) is 0 Å². The molecule has 1 rings (SSSR count). The standard InChI is InChI=1S/C14H18F3NO4S/c1-10(14(15,16)17)23(21,22)18-12(7-8-13(19)20)9-11-5-3-2-4-6-11/h2-6,10,12,18H,7-9H2,1H3,(H,19,20). The van der Waals surface area contributed by atoms with Crippen LogP contribution in [-0.4, -0.2) is 37.0 Å². The largest absolute Gasteiger partial charge is 0.481 e. The van der Waals surface area contributed by atoms with E-state index in [1.165, 1.54) is 0 Å². The van der Waals surface area contributed by atoms with Crippen LogP contribution in [0.1, 0.15) is 25.3 Å². The number of sulfonamides is 1. The smallest absolute Gasteiger partial charge is 0.406 e. The van der Waals surface area contributed by atoms with Crippen molar-refractivity contribution in [3.8, 4) is 0 Å². The molecule has 0 bridgehead atoms. The lowest BCUT2D eigenvalue weighted by Crippen LogP contribution is -2.46. The summed E-state index contributed by atoms with van der Waals surface area (Å²) in [4.78, 5) is 10.7. The quantitative estimate of drug-likeness (QED) is 0.751. The molecule has 0 saturated carbocycles. The first-order chi connectivity index (χ1) is 10.5. The van der Waals surface area contributed by atoms with Crippen LogP contribution in [0.2, 0.25) is 0 Å². The second kappa shape index (κ2) is 7.78. The number of carbonyl (C=O) groups is 1. The van der Waals surface area contributed by atoms with E-state index >= 15 is 0 Å². The van der Waals surface area contributed by atoms with Crippen LogP contribution in [0, 0.1) is 0 Å². The third-order valence-electron chi connectivity index (χ3n) is 3.29. The van der Waals surface area contributed by atoms with Crippen molar-refractivity contribution in [3.63, 3.8) is 0 Å². The predicted molar refractivity (Wildman–Crippen MR) is 78.4 cm³/mol. The SMILES string of the molecule is CC(C(F)(F)F)S(=O)(=O)NC(CCC(=O)O)Cc1ccccc1. The van der Waals surface area contributed by atoms with Crippen molar-refractivity contribution in [2.75, 3.05) is 0 Å². The van der Waals surface area contributed by atoms with Gasteiger partial charge in [-0.1, -0.05) is 30.3 Å². The monoisotopic (exact) mass is 353 g/mol. The molecule has 2 N–H and O–H groups in total. The Bertz CT molecular complexity index is 617. The summed E-state index contributed by atoms with van der Waals surface area (Å²) in [5.41, 5.74) is 0.699. The summed E-state index contributed by atoms with van der Waals surface area (Å²) < 4.78 is 63.5. The van der Waals surface area contributed by atoms with Crippen LogP contribution in [0.4, 0.5) is 13.2 Å². The molecule has 2 unspecified atom stereocenters. The second-order valence-corrected chi connectivity index (χ2v) is 7.20. The van der Waals surface area contributed by atoms with Gasteiger partial charge in [-0.3, -0.25) is 4.79 Å². The van der Waals surface area contributed by atoms with Crippen LogP contribution in [0.25, 0.3) is 0 Å². The first kappa shape index (κ1) is 19.4. The summed E-state index contributed by atoms with van der Waals surface area (Å²) in [5.74, 6) is -1.15. The molecule has 1 aromatic carbocycles. The second-order valence-electron chi connectivity index (χ2n) is 5.17. The number of nitrogens with one attached hydrogen (secondary N) is 1. The molecular weight excluding hydrogens is 335 g/mol. The van der Waals surface area contributed by atoms with Crippen molar-refractivity contribution in [2.24, 2.45) is 0 Å². The van der Waals surface area contributed by atoms with Gasteiger partial charge in [0.15, 0.2) is 5.25 Å². The van der Waals surface area contributed by atoms with E-state index in [-0.39, 0.29) is 19.3 Å². The molecule has 2 atom stereocenters.